The topological polar surface area (TPSA) is 35.2 Å². The van der Waals surface area contributed by atoms with Crippen molar-refractivity contribution in [2.45, 2.75) is 26.7 Å². The number of hydrogen-bond donors (Lipinski definition) is 1. The van der Waals surface area contributed by atoms with Gasteiger partial charge in [0.2, 0.25) is 0 Å². The summed E-state index contributed by atoms with van der Waals surface area (Å²) in [6.07, 6.45) is 2.64. The average molecular weight is 133 g/mol. The first-order valence-electron chi connectivity index (χ1n) is 3.52. The molecule has 0 saturated carbocycles. The lowest BCUT2D eigenvalue weighted by atomic mass is 10.4. The highest BCUT2D eigenvalue weighted by Crippen LogP contribution is 1.76. The molecule has 0 aromatic carbocycles. The van der Waals surface area contributed by atoms with Crippen LogP contribution in [0.4, 0.5) is 0 Å². The molecule has 2 heteroatoms. The van der Waals surface area contributed by atoms with Crippen molar-refractivity contribution in [1.29, 1.82) is 0 Å². The van der Waals surface area contributed by atoms with Crippen LogP contribution < -0.4 is 5.73 Å². The summed E-state index contributed by atoms with van der Waals surface area (Å²) in [5, 5.41) is 0. The summed E-state index contributed by atoms with van der Waals surface area (Å²) < 4.78 is 4.57. The molecule has 0 aliphatic heterocycles. The van der Waals surface area contributed by atoms with Crippen LogP contribution in [-0.2, 0) is 4.74 Å². The SMILES string of the molecule is CCCC.COCCN. The van der Waals surface area contributed by atoms with E-state index >= 15 is 0 Å². The van der Waals surface area contributed by atoms with E-state index in [1.165, 1.54) is 12.8 Å². The smallest absolute Gasteiger partial charge is 0.0584 e. The Bertz CT molecular complexity index is 28.1. The normalized spacial score (nSPS) is 8.00. The lowest BCUT2D eigenvalue weighted by molar-refractivity contribution is 0.207. The number of hydrogen-bond acceptors (Lipinski definition) is 2. The first-order chi connectivity index (χ1) is 4.33. The van der Waals surface area contributed by atoms with Crippen LogP contribution in [0.5, 0.6) is 0 Å². The summed E-state index contributed by atoms with van der Waals surface area (Å²) in [6.45, 7) is 5.65. The highest BCUT2D eigenvalue weighted by Gasteiger charge is 1.65. The largest absolute Gasteiger partial charge is 0.383 e. The lowest BCUT2D eigenvalue weighted by Crippen LogP contribution is -2.05. The Morgan fingerprint density at radius 2 is 1.67 bits per heavy atom. The molecular formula is C7H19NO. The van der Waals surface area contributed by atoms with E-state index in [-0.39, 0.29) is 0 Å². The number of rotatable bonds is 3. The predicted molar refractivity (Wildman–Crippen MR) is 41.5 cm³/mol. The second-order valence-electron chi connectivity index (χ2n) is 1.78. The molecule has 2 N–H and O–H groups in total. The van der Waals surface area contributed by atoms with E-state index in [1.54, 1.807) is 7.11 Å². The van der Waals surface area contributed by atoms with E-state index in [0.29, 0.717) is 13.2 Å². The van der Waals surface area contributed by atoms with Crippen molar-refractivity contribution in [1.82, 2.24) is 0 Å². The summed E-state index contributed by atoms with van der Waals surface area (Å²) >= 11 is 0. The molecule has 0 rings (SSSR count). The maximum atomic E-state index is 5.01. The second-order valence-corrected chi connectivity index (χ2v) is 1.78. The van der Waals surface area contributed by atoms with Crippen molar-refractivity contribution in [2.75, 3.05) is 20.3 Å². The summed E-state index contributed by atoms with van der Waals surface area (Å²) in [7, 11) is 1.63. The van der Waals surface area contributed by atoms with E-state index < -0.39 is 0 Å². The quantitative estimate of drug-likeness (QED) is 0.631. The van der Waals surface area contributed by atoms with E-state index in [2.05, 4.69) is 18.6 Å². The molecule has 0 spiro atoms. The third-order valence-electron chi connectivity index (χ3n) is 0.822. The van der Waals surface area contributed by atoms with Gasteiger partial charge in [-0.1, -0.05) is 26.7 Å². The minimum absolute atomic E-state index is 0.622. The fourth-order valence-electron chi connectivity index (χ4n) is 0.118. The zero-order valence-corrected chi connectivity index (χ0v) is 6.81. The third kappa shape index (κ3) is 32.6. The van der Waals surface area contributed by atoms with Crippen LogP contribution in [0.15, 0.2) is 0 Å². The highest BCUT2D eigenvalue weighted by atomic mass is 16.5. The molecule has 9 heavy (non-hydrogen) atoms. The Balaban J connectivity index is 0. The van der Waals surface area contributed by atoms with Gasteiger partial charge in [0.25, 0.3) is 0 Å². The minimum Gasteiger partial charge on any atom is -0.383 e. The number of unbranched alkanes of at least 4 members (excludes halogenated alkanes) is 1. The Hall–Kier alpha value is -0.0800. The fraction of sp³-hybridized carbons (Fsp3) is 1.00. The molecule has 0 radical (unpaired) electrons. The Kier molecular flexibility index (Phi) is 20.3. The van der Waals surface area contributed by atoms with Gasteiger partial charge in [-0.05, 0) is 0 Å². The minimum atomic E-state index is 0.622. The van der Waals surface area contributed by atoms with Crippen molar-refractivity contribution >= 4 is 0 Å². The summed E-state index contributed by atoms with van der Waals surface area (Å²) in [4.78, 5) is 0. The van der Waals surface area contributed by atoms with Crippen molar-refractivity contribution in [3.05, 3.63) is 0 Å². The molecule has 0 unspecified atom stereocenters. The van der Waals surface area contributed by atoms with Crippen molar-refractivity contribution in [3.63, 3.8) is 0 Å². The molecule has 0 fully saturated rings. The van der Waals surface area contributed by atoms with Crippen LogP contribution in [0, 0.1) is 0 Å². The molecule has 0 atom stereocenters. The standard InChI is InChI=1S/C4H10.C3H9NO/c1-3-4-2;1-5-3-2-4/h3-4H2,1-2H3;2-4H2,1H3. The van der Waals surface area contributed by atoms with Gasteiger partial charge < -0.3 is 10.5 Å². The molecule has 0 aliphatic rings. The van der Waals surface area contributed by atoms with Gasteiger partial charge in [0.15, 0.2) is 0 Å². The van der Waals surface area contributed by atoms with Crippen LogP contribution in [0.1, 0.15) is 26.7 Å². The fourth-order valence-corrected chi connectivity index (χ4v) is 0.118. The summed E-state index contributed by atoms with van der Waals surface area (Å²) in [6, 6.07) is 0. The van der Waals surface area contributed by atoms with Crippen LogP contribution in [0.2, 0.25) is 0 Å². The molecule has 0 heterocycles. The van der Waals surface area contributed by atoms with Gasteiger partial charge in [-0.15, -0.1) is 0 Å². The molecular weight excluding hydrogens is 114 g/mol. The first-order valence-corrected chi connectivity index (χ1v) is 3.52. The number of methoxy groups -OCH3 is 1. The van der Waals surface area contributed by atoms with E-state index in [4.69, 9.17) is 5.73 Å². The summed E-state index contributed by atoms with van der Waals surface area (Å²) in [5.74, 6) is 0. The van der Waals surface area contributed by atoms with Gasteiger partial charge in [0, 0.05) is 13.7 Å². The second kappa shape index (κ2) is 15.7. The van der Waals surface area contributed by atoms with E-state index in [1.807, 2.05) is 0 Å². The van der Waals surface area contributed by atoms with Crippen LogP contribution in [0.25, 0.3) is 0 Å². The van der Waals surface area contributed by atoms with E-state index in [0.717, 1.165) is 0 Å². The maximum absolute atomic E-state index is 5.01. The molecule has 0 amide bonds. The van der Waals surface area contributed by atoms with Gasteiger partial charge >= 0.3 is 0 Å². The van der Waals surface area contributed by atoms with Gasteiger partial charge in [0.05, 0.1) is 6.61 Å². The lowest BCUT2D eigenvalue weighted by Gasteiger charge is -1.85. The average Bonchev–Trinajstić information content (AvgIpc) is 1.91. The van der Waals surface area contributed by atoms with Gasteiger partial charge in [-0.3, -0.25) is 0 Å². The molecule has 0 saturated heterocycles. The molecule has 0 bridgehead atoms. The van der Waals surface area contributed by atoms with E-state index in [9.17, 15) is 0 Å². The first kappa shape index (κ1) is 11.7. The molecule has 58 valence electrons. The van der Waals surface area contributed by atoms with Gasteiger partial charge in [-0.2, -0.15) is 0 Å². The van der Waals surface area contributed by atoms with Crippen molar-refractivity contribution in [2.24, 2.45) is 5.73 Å². The summed E-state index contributed by atoms with van der Waals surface area (Å²) in [5.41, 5.74) is 5.01. The van der Waals surface area contributed by atoms with Gasteiger partial charge in [0.1, 0.15) is 0 Å². The Labute approximate surface area is 58.4 Å². The highest BCUT2D eigenvalue weighted by molar-refractivity contribution is 4.22. The molecule has 0 aromatic rings. The van der Waals surface area contributed by atoms with Crippen molar-refractivity contribution in [3.8, 4) is 0 Å². The number of nitrogens with two attached hydrogens (primary N) is 1. The Morgan fingerprint density at radius 1 is 1.22 bits per heavy atom. The zero-order chi connectivity index (χ0) is 7.54. The molecule has 0 aromatic heterocycles. The van der Waals surface area contributed by atoms with Crippen LogP contribution >= 0.6 is 0 Å². The predicted octanol–water partition coefficient (Wildman–Crippen LogP) is 1.40. The monoisotopic (exact) mass is 133 g/mol. The van der Waals surface area contributed by atoms with Gasteiger partial charge in [-0.25, -0.2) is 0 Å². The molecule has 2 nitrogen and oxygen atoms in total. The third-order valence-corrected chi connectivity index (χ3v) is 0.822. The Morgan fingerprint density at radius 3 is 1.67 bits per heavy atom. The zero-order valence-electron chi connectivity index (χ0n) is 6.81. The van der Waals surface area contributed by atoms with Crippen LogP contribution in [0.3, 0.4) is 0 Å². The number of ether oxygens (including phenoxy) is 1. The van der Waals surface area contributed by atoms with Crippen molar-refractivity contribution < 1.29 is 4.74 Å². The molecule has 0 aliphatic carbocycles. The van der Waals surface area contributed by atoms with Crippen LogP contribution in [-0.4, -0.2) is 20.3 Å². The maximum Gasteiger partial charge on any atom is 0.0584 e.